The lowest BCUT2D eigenvalue weighted by Gasteiger charge is -2.07. The summed E-state index contributed by atoms with van der Waals surface area (Å²) in [5, 5.41) is 7.96. The van der Waals surface area contributed by atoms with E-state index in [1.54, 1.807) is 17.9 Å². The number of esters is 1. The molecule has 0 aliphatic carbocycles. The number of carbonyl (C=O) groups excluding carboxylic acids is 1. The highest BCUT2D eigenvalue weighted by Gasteiger charge is 2.19. The van der Waals surface area contributed by atoms with Crippen molar-refractivity contribution in [2.24, 2.45) is 0 Å². The minimum absolute atomic E-state index is 0.266. The molecule has 0 saturated carbocycles. The van der Waals surface area contributed by atoms with E-state index in [2.05, 4.69) is 15.3 Å². The highest BCUT2D eigenvalue weighted by Crippen LogP contribution is 2.13. The number of aromatic nitrogens is 4. The van der Waals surface area contributed by atoms with Crippen LogP contribution in [0.15, 0.2) is 18.2 Å². The van der Waals surface area contributed by atoms with E-state index in [-0.39, 0.29) is 5.69 Å². The maximum atomic E-state index is 11.7. The number of ether oxygens (including phenoxy) is 2. The van der Waals surface area contributed by atoms with Gasteiger partial charge in [-0.2, -0.15) is 0 Å². The van der Waals surface area contributed by atoms with Crippen LogP contribution in [-0.4, -0.2) is 40.2 Å². The van der Waals surface area contributed by atoms with Crippen molar-refractivity contribution in [2.45, 2.75) is 26.3 Å². The molecule has 2 aromatic heterocycles. The second kappa shape index (κ2) is 6.83. The highest BCUT2D eigenvalue weighted by atomic mass is 16.5. The van der Waals surface area contributed by atoms with Crippen LogP contribution in [0.2, 0.25) is 0 Å². The molecule has 0 spiro atoms. The lowest BCUT2D eigenvalue weighted by atomic mass is 10.2. The van der Waals surface area contributed by atoms with Crippen molar-refractivity contribution in [1.29, 1.82) is 0 Å². The molecule has 0 fully saturated rings. The van der Waals surface area contributed by atoms with E-state index in [9.17, 15) is 4.79 Å². The molecule has 2 aromatic rings. The molecule has 112 valence electrons. The summed E-state index contributed by atoms with van der Waals surface area (Å²) in [6, 6.07) is 5.51. The van der Waals surface area contributed by atoms with E-state index in [0.29, 0.717) is 18.8 Å². The predicted octanol–water partition coefficient (Wildman–Crippen LogP) is 1.47. The molecule has 21 heavy (non-hydrogen) atoms. The zero-order valence-corrected chi connectivity index (χ0v) is 12.4. The summed E-state index contributed by atoms with van der Waals surface area (Å²) >= 11 is 0. The molecule has 7 heteroatoms. The molecule has 7 nitrogen and oxygen atoms in total. The van der Waals surface area contributed by atoms with Crippen molar-refractivity contribution < 1.29 is 14.3 Å². The van der Waals surface area contributed by atoms with Gasteiger partial charge in [0.2, 0.25) is 5.88 Å². The molecule has 0 amide bonds. The summed E-state index contributed by atoms with van der Waals surface area (Å²) in [7, 11) is 2.90. The highest BCUT2D eigenvalue weighted by molar-refractivity contribution is 5.88. The third-order valence-corrected chi connectivity index (χ3v) is 3.01. The smallest absolute Gasteiger partial charge is 0.360 e. The minimum Gasteiger partial charge on any atom is -0.481 e. The van der Waals surface area contributed by atoms with Crippen molar-refractivity contribution in [3.8, 4) is 5.88 Å². The SMILES string of the molecule is CCCc1c(C(=O)OC)nnn1Cc1cccc(OC)n1. The number of rotatable bonds is 6. The molecule has 0 saturated heterocycles. The maximum Gasteiger partial charge on any atom is 0.360 e. The fourth-order valence-corrected chi connectivity index (χ4v) is 2.01. The molecule has 0 radical (unpaired) electrons. The Morgan fingerprint density at radius 3 is 2.81 bits per heavy atom. The maximum absolute atomic E-state index is 11.7. The van der Waals surface area contributed by atoms with Crippen LogP contribution in [0.5, 0.6) is 5.88 Å². The van der Waals surface area contributed by atoms with Gasteiger partial charge in [-0.15, -0.1) is 5.10 Å². The lowest BCUT2D eigenvalue weighted by molar-refractivity contribution is 0.0592. The van der Waals surface area contributed by atoms with Crippen molar-refractivity contribution in [2.75, 3.05) is 14.2 Å². The van der Waals surface area contributed by atoms with E-state index in [1.165, 1.54) is 7.11 Å². The summed E-state index contributed by atoms with van der Waals surface area (Å²) in [6.45, 7) is 2.46. The zero-order chi connectivity index (χ0) is 15.2. The van der Waals surface area contributed by atoms with E-state index in [0.717, 1.165) is 17.8 Å². The second-order valence-electron chi connectivity index (χ2n) is 4.46. The average Bonchev–Trinajstić information content (AvgIpc) is 2.90. The fourth-order valence-electron chi connectivity index (χ4n) is 2.01. The third kappa shape index (κ3) is 3.36. The van der Waals surface area contributed by atoms with Gasteiger partial charge in [0.25, 0.3) is 0 Å². The van der Waals surface area contributed by atoms with Gasteiger partial charge < -0.3 is 9.47 Å². The van der Waals surface area contributed by atoms with Crippen LogP contribution in [0.4, 0.5) is 0 Å². The Morgan fingerprint density at radius 2 is 2.14 bits per heavy atom. The largest absolute Gasteiger partial charge is 0.481 e. The fraction of sp³-hybridized carbons (Fsp3) is 0.429. The molecule has 0 atom stereocenters. The molecule has 2 heterocycles. The first-order chi connectivity index (χ1) is 10.2. The van der Waals surface area contributed by atoms with Crippen molar-refractivity contribution in [3.63, 3.8) is 0 Å². The molecule has 0 aromatic carbocycles. The summed E-state index contributed by atoms with van der Waals surface area (Å²) in [5.74, 6) is 0.0705. The number of hydrogen-bond donors (Lipinski definition) is 0. The molecule has 0 N–H and O–H groups in total. The lowest BCUT2D eigenvalue weighted by Crippen LogP contribution is -2.11. The first-order valence-electron chi connectivity index (χ1n) is 6.70. The first kappa shape index (κ1) is 15.0. The van der Waals surface area contributed by atoms with Crippen molar-refractivity contribution >= 4 is 5.97 Å². The Bertz CT molecular complexity index is 624. The standard InChI is InChI=1S/C14H18N4O3/c1-4-6-11-13(14(19)21-3)16-17-18(11)9-10-7-5-8-12(15-10)20-2/h5,7-8H,4,6,9H2,1-3H3. The minimum atomic E-state index is -0.469. The summed E-state index contributed by atoms with van der Waals surface area (Å²) in [5.41, 5.74) is 1.81. The Labute approximate surface area is 122 Å². The number of nitrogens with zero attached hydrogens (tertiary/aromatic N) is 4. The van der Waals surface area contributed by atoms with Gasteiger partial charge in [-0.3, -0.25) is 0 Å². The average molecular weight is 290 g/mol. The van der Waals surface area contributed by atoms with Gasteiger partial charge in [0, 0.05) is 6.07 Å². The number of methoxy groups -OCH3 is 2. The second-order valence-corrected chi connectivity index (χ2v) is 4.46. The molecule has 0 bridgehead atoms. The van der Waals surface area contributed by atoms with Crippen molar-refractivity contribution in [1.82, 2.24) is 20.0 Å². The molecular formula is C14H18N4O3. The van der Waals surface area contributed by atoms with E-state index < -0.39 is 5.97 Å². The number of pyridine rings is 1. The summed E-state index contributed by atoms with van der Waals surface area (Å²) in [6.07, 6.45) is 1.57. The molecule has 0 unspecified atom stereocenters. The summed E-state index contributed by atoms with van der Waals surface area (Å²) < 4.78 is 11.5. The van der Waals surface area contributed by atoms with Crippen LogP contribution in [0.25, 0.3) is 0 Å². The van der Waals surface area contributed by atoms with Crippen LogP contribution >= 0.6 is 0 Å². The molecule has 0 aliphatic rings. The third-order valence-electron chi connectivity index (χ3n) is 3.01. The van der Waals surface area contributed by atoms with Gasteiger partial charge >= 0.3 is 5.97 Å². The van der Waals surface area contributed by atoms with Gasteiger partial charge in [0.05, 0.1) is 32.2 Å². The van der Waals surface area contributed by atoms with Gasteiger partial charge in [-0.1, -0.05) is 24.6 Å². The zero-order valence-electron chi connectivity index (χ0n) is 12.4. The van der Waals surface area contributed by atoms with E-state index >= 15 is 0 Å². The molecular weight excluding hydrogens is 272 g/mol. The Hall–Kier alpha value is -2.44. The predicted molar refractivity (Wildman–Crippen MR) is 75.2 cm³/mol. The van der Waals surface area contributed by atoms with Crippen molar-refractivity contribution in [3.05, 3.63) is 35.3 Å². The number of carbonyl (C=O) groups is 1. The normalized spacial score (nSPS) is 10.4. The Morgan fingerprint density at radius 1 is 1.33 bits per heavy atom. The van der Waals surface area contributed by atoms with E-state index in [1.807, 2.05) is 19.1 Å². The monoisotopic (exact) mass is 290 g/mol. The summed E-state index contributed by atoms with van der Waals surface area (Å²) in [4.78, 5) is 16.0. The van der Waals surface area contributed by atoms with E-state index in [4.69, 9.17) is 9.47 Å². The van der Waals surface area contributed by atoms with Gasteiger partial charge in [0.1, 0.15) is 0 Å². The van der Waals surface area contributed by atoms with Crippen LogP contribution in [0, 0.1) is 0 Å². The van der Waals surface area contributed by atoms with Crippen LogP contribution in [0.1, 0.15) is 35.2 Å². The first-order valence-corrected chi connectivity index (χ1v) is 6.70. The van der Waals surface area contributed by atoms with Crippen LogP contribution in [-0.2, 0) is 17.7 Å². The van der Waals surface area contributed by atoms with Gasteiger partial charge in [0.15, 0.2) is 5.69 Å². The van der Waals surface area contributed by atoms with Crippen LogP contribution < -0.4 is 4.74 Å². The Balaban J connectivity index is 2.30. The molecule has 0 aliphatic heterocycles. The van der Waals surface area contributed by atoms with Gasteiger partial charge in [-0.05, 0) is 12.5 Å². The van der Waals surface area contributed by atoms with Crippen LogP contribution in [0.3, 0.4) is 0 Å². The quantitative estimate of drug-likeness (QED) is 0.750. The topological polar surface area (TPSA) is 79.1 Å². The molecule has 2 rings (SSSR count). The Kier molecular flexibility index (Phi) is 4.86. The number of hydrogen-bond acceptors (Lipinski definition) is 6. The van der Waals surface area contributed by atoms with Gasteiger partial charge in [-0.25, -0.2) is 14.5 Å².